The average molecular weight is 321 g/mol. The van der Waals surface area contributed by atoms with Crippen LogP contribution < -0.4 is 5.32 Å². The summed E-state index contributed by atoms with van der Waals surface area (Å²) in [5.41, 5.74) is 3.27. The highest BCUT2D eigenvalue weighted by Gasteiger charge is 2.05. The molecule has 0 aliphatic heterocycles. The SMILES string of the molecule is Cc1cnc(Cl)c(NCc2cc(-c3cccs3)cs2)c1. The van der Waals surface area contributed by atoms with Crippen molar-refractivity contribution in [3.8, 4) is 10.4 Å². The van der Waals surface area contributed by atoms with Gasteiger partial charge >= 0.3 is 0 Å². The third kappa shape index (κ3) is 3.03. The Kier molecular flexibility index (Phi) is 4.05. The summed E-state index contributed by atoms with van der Waals surface area (Å²) in [6, 6.07) is 8.46. The number of halogens is 1. The second-order valence-corrected chi connectivity index (χ2v) is 6.79. The third-order valence-corrected chi connectivity index (χ3v) is 5.05. The van der Waals surface area contributed by atoms with Crippen LogP contribution in [0.1, 0.15) is 10.4 Å². The number of nitrogens with zero attached hydrogens (tertiary/aromatic N) is 1. The van der Waals surface area contributed by atoms with Crippen LogP contribution in [-0.4, -0.2) is 4.98 Å². The van der Waals surface area contributed by atoms with Crippen molar-refractivity contribution in [2.75, 3.05) is 5.32 Å². The molecule has 0 amide bonds. The van der Waals surface area contributed by atoms with E-state index in [4.69, 9.17) is 11.6 Å². The van der Waals surface area contributed by atoms with E-state index in [1.54, 1.807) is 28.9 Å². The highest BCUT2D eigenvalue weighted by molar-refractivity contribution is 7.14. The maximum atomic E-state index is 6.08. The van der Waals surface area contributed by atoms with E-state index in [0.29, 0.717) is 5.15 Å². The van der Waals surface area contributed by atoms with Gasteiger partial charge < -0.3 is 5.32 Å². The first-order valence-corrected chi connectivity index (χ1v) is 8.33. The van der Waals surface area contributed by atoms with Gasteiger partial charge in [0.1, 0.15) is 0 Å². The van der Waals surface area contributed by atoms with Crippen LogP contribution in [0.15, 0.2) is 41.2 Å². The van der Waals surface area contributed by atoms with Gasteiger partial charge in [-0.25, -0.2) is 4.98 Å². The number of hydrogen-bond donors (Lipinski definition) is 1. The normalized spacial score (nSPS) is 10.7. The molecule has 0 aromatic carbocycles. The van der Waals surface area contributed by atoms with Crippen molar-refractivity contribution in [1.82, 2.24) is 4.98 Å². The Balaban J connectivity index is 1.71. The zero-order valence-corrected chi connectivity index (χ0v) is 13.3. The van der Waals surface area contributed by atoms with Gasteiger partial charge in [0.2, 0.25) is 0 Å². The zero-order valence-electron chi connectivity index (χ0n) is 10.9. The van der Waals surface area contributed by atoms with Gasteiger partial charge in [0.15, 0.2) is 5.15 Å². The first-order valence-electron chi connectivity index (χ1n) is 6.19. The fraction of sp³-hybridized carbons (Fsp3) is 0.133. The largest absolute Gasteiger partial charge is 0.378 e. The van der Waals surface area contributed by atoms with Crippen LogP contribution >= 0.6 is 34.3 Å². The molecule has 3 aromatic rings. The summed E-state index contributed by atoms with van der Waals surface area (Å²) >= 11 is 9.60. The number of aromatic nitrogens is 1. The Morgan fingerprint density at radius 3 is 3.00 bits per heavy atom. The van der Waals surface area contributed by atoms with Crippen LogP contribution in [0.4, 0.5) is 5.69 Å². The number of rotatable bonds is 4. The van der Waals surface area contributed by atoms with E-state index in [1.165, 1.54) is 15.3 Å². The predicted octanol–water partition coefficient (Wildman–Crippen LogP) is 5.45. The number of pyridine rings is 1. The van der Waals surface area contributed by atoms with Crippen molar-refractivity contribution in [3.05, 3.63) is 56.8 Å². The summed E-state index contributed by atoms with van der Waals surface area (Å²) < 4.78 is 0. The summed E-state index contributed by atoms with van der Waals surface area (Å²) in [6.45, 7) is 2.77. The van der Waals surface area contributed by atoms with Crippen molar-refractivity contribution in [2.24, 2.45) is 0 Å². The van der Waals surface area contributed by atoms with Crippen LogP contribution in [0.5, 0.6) is 0 Å². The fourth-order valence-electron chi connectivity index (χ4n) is 1.90. The van der Waals surface area contributed by atoms with E-state index in [9.17, 15) is 0 Å². The van der Waals surface area contributed by atoms with Gasteiger partial charge in [0.05, 0.1) is 5.69 Å². The molecule has 3 rings (SSSR count). The van der Waals surface area contributed by atoms with Gasteiger partial charge in [-0.05, 0) is 41.4 Å². The Bertz CT molecular complexity index is 704. The molecule has 0 aliphatic carbocycles. The molecule has 3 heterocycles. The fourth-order valence-corrected chi connectivity index (χ4v) is 3.69. The minimum absolute atomic E-state index is 0.519. The quantitative estimate of drug-likeness (QED) is 0.647. The van der Waals surface area contributed by atoms with Crippen molar-refractivity contribution in [1.29, 1.82) is 0 Å². The maximum Gasteiger partial charge on any atom is 0.152 e. The predicted molar refractivity (Wildman–Crippen MR) is 88.9 cm³/mol. The number of anilines is 1. The molecule has 0 radical (unpaired) electrons. The van der Waals surface area contributed by atoms with Gasteiger partial charge in [-0.2, -0.15) is 0 Å². The lowest BCUT2D eigenvalue weighted by atomic mass is 10.2. The molecule has 0 bridgehead atoms. The summed E-state index contributed by atoms with van der Waals surface area (Å²) in [5.74, 6) is 0. The van der Waals surface area contributed by atoms with Gasteiger partial charge in [-0.3, -0.25) is 0 Å². The van der Waals surface area contributed by atoms with Crippen LogP contribution in [0.2, 0.25) is 5.15 Å². The monoisotopic (exact) mass is 320 g/mol. The second-order valence-electron chi connectivity index (χ2n) is 4.48. The van der Waals surface area contributed by atoms with Gasteiger partial charge in [-0.1, -0.05) is 17.7 Å². The van der Waals surface area contributed by atoms with E-state index in [0.717, 1.165) is 17.8 Å². The van der Waals surface area contributed by atoms with Crippen molar-refractivity contribution >= 4 is 40.0 Å². The molecular weight excluding hydrogens is 308 g/mol. The Hall–Kier alpha value is -1.36. The maximum absolute atomic E-state index is 6.08. The van der Waals surface area contributed by atoms with Crippen molar-refractivity contribution < 1.29 is 0 Å². The standard InChI is InChI=1S/C15H13ClN2S2/c1-10-5-13(15(16)18-7-10)17-8-12-6-11(9-20-12)14-3-2-4-19-14/h2-7,9,17H,8H2,1H3. The number of nitrogens with one attached hydrogen (secondary N) is 1. The molecule has 0 atom stereocenters. The molecular formula is C15H13ClN2S2. The Labute approximate surface area is 131 Å². The molecule has 0 spiro atoms. The van der Waals surface area contributed by atoms with Crippen LogP contribution in [0, 0.1) is 6.92 Å². The zero-order chi connectivity index (χ0) is 13.9. The first kappa shape index (κ1) is 13.6. The van der Waals surface area contributed by atoms with Crippen molar-refractivity contribution in [3.63, 3.8) is 0 Å². The highest BCUT2D eigenvalue weighted by Crippen LogP contribution is 2.30. The Morgan fingerprint density at radius 1 is 1.30 bits per heavy atom. The lowest BCUT2D eigenvalue weighted by molar-refractivity contribution is 1.16. The van der Waals surface area contributed by atoms with Crippen LogP contribution in [-0.2, 0) is 6.54 Å². The minimum Gasteiger partial charge on any atom is -0.378 e. The highest BCUT2D eigenvalue weighted by atomic mass is 35.5. The number of aryl methyl sites for hydroxylation is 1. The third-order valence-electron chi connectivity index (χ3n) is 2.89. The molecule has 20 heavy (non-hydrogen) atoms. The molecule has 5 heteroatoms. The smallest absolute Gasteiger partial charge is 0.152 e. The molecule has 1 N–H and O–H groups in total. The molecule has 2 nitrogen and oxygen atoms in total. The van der Waals surface area contributed by atoms with Gasteiger partial charge in [0.25, 0.3) is 0 Å². The summed E-state index contributed by atoms with van der Waals surface area (Å²) in [7, 11) is 0. The molecule has 3 aromatic heterocycles. The summed E-state index contributed by atoms with van der Waals surface area (Å²) in [6.07, 6.45) is 1.77. The summed E-state index contributed by atoms with van der Waals surface area (Å²) in [5, 5.41) is 8.16. The lowest BCUT2D eigenvalue weighted by Crippen LogP contribution is -1.99. The molecule has 0 unspecified atom stereocenters. The van der Waals surface area contributed by atoms with E-state index < -0.39 is 0 Å². The molecule has 0 aliphatic rings. The molecule has 0 fully saturated rings. The molecule has 102 valence electrons. The number of hydrogen-bond acceptors (Lipinski definition) is 4. The average Bonchev–Trinajstić information content (AvgIpc) is 3.09. The van der Waals surface area contributed by atoms with E-state index in [-0.39, 0.29) is 0 Å². The van der Waals surface area contributed by atoms with Crippen LogP contribution in [0.3, 0.4) is 0 Å². The summed E-state index contributed by atoms with van der Waals surface area (Å²) in [4.78, 5) is 6.74. The van der Waals surface area contributed by atoms with Gasteiger partial charge in [-0.15, -0.1) is 22.7 Å². The lowest BCUT2D eigenvalue weighted by Gasteiger charge is -2.07. The van der Waals surface area contributed by atoms with E-state index in [2.05, 4.69) is 39.3 Å². The van der Waals surface area contributed by atoms with E-state index >= 15 is 0 Å². The van der Waals surface area contributed by atoms with E-state index in [1.807, 2.05) is 13.0 Å². The topological polar surface area (TPSA) is 24.9 Å². The molecule has 0 saturated heterocycles. The number of thiophene rings is 2. The minimum atomic E-state index is 0.519. The van der Waals surface area contributed by atoms with Crippen molar-refractivity contribution in [2.45, 2.75) is 13.5 Å². The second kappa shape index (κ2) is 5.95. The first-order chi connectivity index (χ1) is 9.72. The van der Waals surface area contributed by atoms with Crippen LogP contribution in [0.25, 0.3) is 10.4 Å². The molecule has 0 saturated carbocycles. The van der Waals surface area contributed by atoms with Gasteiger partial charge in [0, 0.05) is 28.1 Å². The Morgan fingerprint density at radius 2 is 2.20 bits per heavy atom.